The molecule has 3 atom stereocenters. The fourth-order valence-electron chi connectivity index (χ4n) is 4.62. The van der Waals surface area contributed by atoms with Gasteiger partial charge in [0.1, 0.15) is 5.82 Å². The van der Waals surface area contributed by atoms with Crippen LogP contribution in [-0.4, -0.2) is 34.5 Å². The molecule has 1 N–H and O–H groups in total. The summed E-state index contributed by atoms with van der Waals surface area (Å²) in [5.74, 6) is 1.27. The van der Waals surface area contributed by atoms with E-state index in [-0.39, 0.29) is 17.4 Å². The Morgan fingerprint density at radius 3 is 2.54 bits per heavy atom. The number of carbonyl (C=O) groups is 1. The van der Waals surface area contributed by atoms with Gasteiger partial charge >= 0.3 is 6.03 Å². The monoisotopic (exact) mass is 355 g/mol. The van der Waals surface area contributed by atoms with Crippen LogP contribution >= 0.6 is 0 Å². The quantitative estimate of drug-likeness (QED) is 0.829. The smallest absolute Gasteiger partial charge is 0.317 e. The number of amides is 2. The second-order valence-electron chi connectivity index (χ2n) is 8.84. The zero-order valence-electron chi connectivity index (χ0n) is 15.6. The molecule has 4 nitrogen and oxygen atoms in total. The van der Waals surface area contributed by atoms with Gasteiger partial charge in [0.25, 0.3) is 0 Å². The maximum absolute atomic E-state index is 13.7. The number of halogens is 1. The minimum absolute atomic E-state index is 0.0416. The molecule has 2 heterocycles. The Balaban J connectivity index is 1.49. The fourth-order valence-corrected chi connectivity index (χ4v) is 4.62. The van der Waals surface area contributed by atoms with Gasteiger partial charge in [0.2, 0.25) is 0 Å². The number of nitrogens with one attached hydrogen (secondary N) is 1. The van der Waals surface area contributed by atoms with Crippen molar-refractivity contribution in [2.24, 2.45) is 11.8 Å². The molecule has 1 saturated heterocycles. The van der Waals surface area contributed by atoms with E-state index in [1.54, 1.807) is 12.1 Å². The molecule has 0 radical (unpaired) electrons. The molecule has 2 amide bonds. The van der Waals surface area contributed by atoms with E-state index in [1.807, 2.05) is 37.9 Å². The third kappa shape index (κ3) is 3.27. The number of aromatic nitrogens is 1. The first kappa shape index (κ1) is 17.3. The van der Waals surface area contributed by atoms with E-state index in [2.05, 4.69) is 10.3 Å². The van der Waals surface area contributed by atoms with Crippen molar-refractivity contribution in [3.8, 4) is 0 Å². The Labute approximate surface area is 153 Å². The summed E-state index contributed by atoms with van der Waals surface area (Å²) >= 11 is 0. The van der Waals surface area contributed by atoms with Crippen LogP contribution in [0.15, 0.2) is 30.5 Å². The number of hydrogen-bond acceptors (Lipinski definition) is 2. The van der Waals surface area contributed by atoms with Gasteiger partial charge in [0.15, 0.2) is 0 Å². The normalized spacial score (nSPS) is 25.5. The molecule has 2 fully saturated rings. The van der Waals surface area contributed by atoms with Gasteiger partial charge in [-0.3, -0.25) is 4.98 Å². The Hall–Kier alpha value is -2.17. The van der Waals surface area contributed by atoms with Gasteiger partial charge in [-0.15, -0.1) is 0 Å². The fraction of sp³-hybridized carbons (Fsp3) is 0.524. The van der Waals surface area contributed by atoms with Gasteiger partial charge < -0.3 is 10.2 Å². The van der Waals surface area contributed by atoms with Crippen molar-refractivity contribution in [2.75, 3.05) is 13.1 Å². The number of pyridine rings is 1. The van der Waals surface area contributed by atoms with E-state index in [9.17, 15) is 9.18 Å². The highest BCUT2D eigenvalue weighted by molar-refractivity contribution is 5.82. The number of benzene rings is 1. The lowest BCUT2D eigenvalue weighted by atomic mass is 9.93. The van der Waals surface area contributed by atoms with Gasteiger partial charge in [-0.25, -0.2) is 9.18 Å². The predicted octanol–water partition coefficient (Wildman–Crippen LogP) is 4.31. The first-order valence-corrected chi connectivity index (χ1v) is 9.41. The van der Waals surface area contributed by atoms with Crippen LogP contribution in [0, 0.1) is 17.7 Å². The van der Waals surface area contributed by atoms with Crippen molar-refractivity contribution in [1.82, 2.24) is 15.2 Å². The van der Waals surface area contributed by atoms with Crippen LogP contribution in [0.1, 0.15) is 45.1 Å². The number of nitrogens with zero attached hydrogens (tertiary/aromatic N) is 2. The van der Waals surface area contributed by atoms with E-state index >= 15 is 0 Å². The number of carbonyl (C=O) groups excluding carboxylic acids is 1. The van der Waals surface area contributed by atoms with Crippen molar-refractivity contribution in [2.45, 2.75) is 45.1 Å². The molecule has 26 heavy (non-hydrogen) atoms. The van der Waals surface area contributed by atoms with Crippen LogP contribution in [0.5, 0.6) is 0 Å². The Morgan fingerprint density at radius 1 is 1.19 bits per heavy atom. The van der Waals surface area contributed by atoms with Crippen molar-refractivity contribution >= 4 is 16.9 Å². The molecule has 1 saturated carbocycles. The number of likely N-dealkylation sites (tertiary alicyclic amines) is 1. The molecule has 2 aliphatic rings. The lowest BCUT2D eigenvalue weighted by Gasteiger charge is -2.26. The molecule has 138 valence electrons. The molecular weight excluding hydrogens is 329 g/mol. The van der Waals surface area contributed by atoms with Crippen LogP contribution in [0.4, 0.5) is 9.18 Å². The van der Waals surface area contributed by atoms with Crippen molar-refractivity contribution < 1.29 is 9.18 Å². The van der Waals surface area contributed by atoms with Gasteiger partial charge in [-0.2, -0.15) is 0 Å². The predicted molar refractivity (Wildman–Crippen MR) is 101 cm³/mol. The highest BCUT2D eigenvalue weighted by atomic mass is 19.1. The highest BCUT2D eigenvalue weighted by Crippen LogP contribution is 2.47. The number of hydrogen-bond donors (Lipinski definition) is 1. The van der Waals surface area contributed by atoms with E-state index in [0.717, 1.165) is 36.8 Å². The van der Waals surface area contributed by atoms with Gasteiger partial charge in [-0.1, -0.05) is 0 Å². The Bertz CT molecular complexity index is 831. The standard InChI is InChI=1S/C21H26FN3O/c1-21(2,3)24-20(26)25-11-14-8-13(9-15(14)12-25)17-6-7-23-19-5-4-16(22)10-18(17)19/h4-7,10,13-15H,8-9,11-12H2,1-3H3,(H,24,26)/t13-,14-,15+. The molecule has 4 rings (SSSR count). The summed E-state index contributed by atoms with van der Waals surface area (Å²) in [5, 5.41) is 3.99. The minimum atomic E-state index is -0.213. The Kier molecular flexibility index (Phi) is 4.13. The molecule has 0 spiro atoms. The van der Waals surface area contributed by atoms with Gasteiger partial charge in [0.05, 0.1) is 5.52 Å². The zero-order chi connectivity index (χ0) is 18.5. The summed E-state index contributed by atoms with van der Waals surface area (Å²) < 4.78 is 13.7. The first-order chi connectivity index (χ1) is 12.3. The summed E-state index contributed by atoms with van der Waals surface area (Å²) in [6.07, 6.45) is 3.94. The molecule has 0 unspecified atom stereocenters. The molecule has 1 aliphatic carbocycles. The van der Waals surface area contributed by atoms with Crippen LogP contribution in [-0.2, 0) is 0 Å². The SMILES string of the molecule is CC(C)(C)NC(=O)N1C[C@H]2C[C@@H](c3ccnc4ccc(F)cc34)C[C@H]2C1. The van der Waals surface area contributed by atoms with E-state index < -0.39 is 0 Å². The number of fused-ring (bicyclic) bond motifs is 2. The summed E-state index contributed by atoms with van der Waals surface area (Å²) in [6.45, 7) is 7.66. The second-order valence-corrected chi connectivity index (χ2v) is 8.84. The molecular formula is C21H26FN3O. The van der Waals surface area contributed by atoms with Crippen molar-refractivity contribution in [3.63, 3.8) is 0 Å². The van der Waals surface area contributed by atoms with Crippen molar-refractivity contribution in [3.05, 3.63) is 41.8 Å². The topological polar surface area (TPSA) is 45.2 Å². The highest BCUT2D eigenvalue weighted by Gasteiger charge is 2.43. The summed E-state index contributed by atoms with van der Waals surface area (Å²) in [5.41, 5.74) is 1.85. The molecule has 1 aliphatic heterocycles. The van der Waals surface area contributed by atoms with Crippen LogP contribution in [0.25, 0.3) is 10.9 Å². The van der Waals surface area contributed by atoms with Gasteiger partial charge in [0, 0.05) is 30.2 Å². The zero-order valence-corrected chi connectivity index (χ0v) is 15.6. The third-order valence-electron chi connectivity index (χ3n) is 5.70. The molecule has 1 aromatic carbocycles. The molecule has 0 bridgehead atoms. The van der Waals surface area contributed by atoms with Crippen LogP contribution in [0.2, 0.25) is 0 Å². The summed E-state index contributed by atoms with van der Waals surface area (Å²) in [7, 11) is 0. The Morgan fingerprint density at radius 2 is 1.88 bits per heavy atom. The largest absolute Gasteiger partial charge is 0.333 e. The molecule has 2 aromatic rings. The maximum atomic E-state index is 13.7. The lowest BCUT2D eigenvalue weighted by molar-refractivity contribution is 0.195. The number of rotatable bonds is 1. The minimum Gasteiger partial charge on any atom is -0.333 e. The third-order valence-corrected chi connectivity index (χ3v) is 5.70. The van der Waals surface area contributed by atoms with E-state index in [0.29, 0.717) is 17.8 Å². The van der Waals surface area contributed by atoms with Gasteiger partial charge in [-0.05, 0) is 81.2 Å². The second kappa shape index (κ2) is 6.22. The van der Waals surface area contributed by atoms with E-state index in [1.165, 1.54) is 11.6 Å². The van der Waals surface area contributed by atoms with E-state index in [4.69, 9.17) is 0 Å². The number of urea groups is 1. The molecule has 1 aromatic heterocycles. The maximum Gasteiger partial charge on any atom is 0.317 e. The summed E-state index contributed by atoms with van der Waals surface area (Å²) in [4.78, 5) is 18.7. The average molecular weight is 355 g/mol. The molecule has 5 heteroatoms. The summed E-state index contributed by atoms with van der Waals surface area (Å²) in [6, 6.07) is 6.91. The average Bonchev–Trinajstić information content (AvgIpc) is 3.11. The lowest BCUT2D eigenvalue weighted by Crippen LogP contribution is -2.48. The van der Waals surface area contributed by atoms with Crippen LogP contribution < -0.4 is 5.32 Å². The van der Waals surface area contributed by atoms with Crippen molar-refractivity contribution in [1.29, 1.82) is 0 Å². The van der Waals surface area contributed by atoms with Crippen LogP contribution in [0.3, 0.4) is 0 Å². The first-order valence-electron chi connectivity index (χ1n) is 9.41.